The fourth-order valence-electron chi connectivity index (χ4n) is 1.04. The third-order valence-corrected chi connectivity index (χ3v) is 1.62. The highest BCUT2D eigenvalue weighted by atomic mass is 19.1. The molecule has 0 aromatic heterocycles. The quantitative estimate of drug-likeness (QED) is 0.548. The standard InChI is InChI=1S/C8H10F2N2O/c1-13-8-3-5(9)2-7(10)6(8)4-12-11/h2-3,12H,4,11H2,1H3. The van der Waals surface area contributed by atoms with Crippen LogP contribution in [0.2, 0.25) is 0 Å². The first-order valence-corrected chi connectivity index (χ1v) is 3.64. The number of rotatable bonds is 3. The molecule has 1 aromatic rings. The van der Waals surface area contributed by atoms with Crippen LogP contribution >= 0.6 is 0 Å². The van der Waals surface area contributed by atoms with Gasteiger partial charge in [0, 0.05) is 24.2 Å². The molecule has 1 rings (SSSR count). The molecule has 0 radical (unpaired) electrons. The Morgan fingerprint density at radius 1 is 1.46 bits per heavy atom. The lowest BCUT2D eigenvalue weighted by Crippen LogP contribution is -2.22. The molecule has 0 aliphatic carbocycles. The third-order valence-electron chi connectivity index (χ3n) is 1.62. The van der Waals surface area contributed by atoms with Gasteiger partial charge in [-0.15, -0.1) is 0 Å². The smallest absolute Gasteiger partial charge is 0.134 e. The van der Waals surface area contributed by atoms with Crippen molar-refractivity contribution < 1.29 is 13.5 Å². The number of benzene rings is 1. The van der Waals surface area contributed by atoms with Gasteiger partial charge in [0.1, 0.15) is 17.4 Å². The van der Waals surface area contributed by atoms with Gasteiger partial charge in [0.15, 0.2) is 0 Å². The zero-order valence-electron chi connectivity index (χ0n) is 7.10. The molecule has 13 heavy (non-hydrogen) atoms. The summed E-state index contributed by atoms with van der Waals surface area (Å²) in [5, 5.41) is 0. The molecule has 0 unspecified atom stereocenters. The second-order valence-corrected chi connectivity index (χ2v) is 2.45. The van der Waals surface area contributed by atoms with E-state index in [1.54, 1.807) is 0 Å². The van der Waals surface area contributed by atoms with Gasteiger partial charge in [-0.3, -0.25) is 11.3 Å². The molecule has 0 saturated carbocycles. The van der Waals surface area contributed by atoms with Crippen LogP contribution in [0.1, 0.15) is 5.56 Å². The zero-order valence-corrected chi connectivity index (χ0v) is 7.10. The molecule has 3 nitrogen and oxygen atoms in total. The molecular formula is C8H10F2N2O. The van der Waals surface area contributed by atoms with E-state index in [1.165, 1.54) is 7.11 Å². The number of hydrazine groups is 1. The maximum Gasteiger partial charge on any atom is 0.134 e. The summed E-state index contributed by atoms with van der Waals surface area (Å²) in [5.41, 5.74) is 2.49. The van der Waals surface area contributed by atoms with Gasteiger partial charge in [-0.25, -0.2) is 8.78 Å². The van der Waals surface area contributed by atoms with Crippen LogP contribution < -0.4 is 16.0 Å². The maximum atomic E-state index is 13.1. The van der Waals surface area contributed by atoms with Crippen molar-refractivity contribution in [2.45, 2.75) is 6.54 Å². The molecule has 0 aliphatic rings. The second-order valence-electron chi connectivity index (χ2n) is 2.45. The predicted octanol–water partition coefficient (Wildman–Crippen LogP) is 0.937. The summed E-state index contributed by atoms with van der Waals surface area (Å²) in [6.07, 6.45) is 0. The number of hydrogen-bond donors (Lipinski definition) is 2. The Morgan fingerprint density at radius 2 is 2.15 bits per heavy atom. The predicted molar refractivity (Wildman–Crippen MR) is 43.9 cm³/mol. The summed E-state index contributed by atoms with van der Waals surface area (Å²) in [7, 11) is 1.34. The van der Waals surface area contributed by atoms with Gasteiger partial charge in [-0.2, -0.15) is 0 Å². The molecule has 3 N–H and O–H groups in total. The molecule has 0 heterocycles. The van der Waals surface area contributed by atoms with Crippen molar-refractivity contribution in [3.63, 3.8) is 0 Å². The summed E-state index contributed by atoms with van der Waals surface area (Å²) in [6.45, 7) is 0.0925. The average molecular weight is 188 g/mol. The van der Waals surface area contributed by atoms with E-state index in [9.17, 15) is 8.78 Å². The van der Waals surface area contributed by atoms with E-state index in [0.717, 1.165) is 12.1 Å². The molecule has 1 aromatic carbocycles. The molecule has 0 bridgehead atoms. The van der Waals surface area contributed by atoms with E-state index >= 15 is 0 Å². The van der Waals surface area contributed by atoms with Gasteiger partial charge in [0.25, 0.3) is 0 Å². The van der Waals surface area contributed by atoms with Crippen LogP contribution in [0.3, 0.4) is 0 Å². The Hall–Kier alpha value is -1.20. The van der Waals surface area contributed by atoms with E-state index in [2.05, 4.69) is 5.43 Å². The van der Waals surface area contributed by atoms with Gasteiger partial charge in [0.05, 0.1) is 7.11 Å². The number of nitrogens with two attached hydrogens (primary N) is 1. The van der Waals surface area contributed by atoms with E-state index in [1.807, 2.05) is 0 Å². The van der Waals surface area contributed by atoms with Crippen molar-refractivity contribution >= 4 is 0 Å². The molecule has 0 atom stereocenters. The SMILES string of the molecule is COc1cc(F)cc(F)c1CNN. The molecule has 0 spiro atoms. The van der Waals surface area contributed by atoms with Crippen molar-refractivity contribution in [2.75, 3.05) is 7.11 Å². The minimum Gasteiger partial charge on any atom is -0.496 e. The second kappa shape index (κ2) is 4.15. The van der Waals surface area contributed by atoms with Gasteiger partial charge < -0.3 is 4.74 Å². The first kappa shape index (κ1) is 9.88. The number of hydrogen-bond acceptors (Lipinski definition) is 3. The monoisotopic (exact) mass is 188 g/mol. The van der Waals surface area contributed by atoms with Crippen LogP contribution in [0.15, 0.2) is 12.1 Å². The first-order chi connectivity index (χ1) is 6.19. The Balaban J connectivity index is 3.13. The lowest BCUT2D eigenvalue weighted by molar-refractivity contribution is 0.397. The highest BCUT2D eigenvalue weighted by Gasteiger charge is 2.10. The molecule has 72 valence electrons. The van der Waals surface area contributed by atoms with Gasteiger partial charge in [-0.1, -0.05) is 0 Å². The van der Waals surface area contributed by atoms with E-state index in [4.69, 9.17) is 10.6 Å². The number of nitrogens with one attached hydrogen (secondary N) is 1. The van der Waals surface area contributed by atoms with Crippen LogP contribution in [0.4, 0.5) is 8.78 Å². The highest BCUT2D eigenvalue weighted by Crippen LogP contribution is 2.22. The van der Waals surface area contributed by atoms with E-state index in [0.29, 0.717) is 0 Å². The van der Waals surface area contributed by atoms with Crippen LogP contribution in [0, 0.1) is 11.6 Å². The largest absolute Gasteiger partial charge is 0.496 e. The molecule has 5 heteroatoms. The van der Waals surface area contributed by atoms with Crippen molar-refractivity contribution in [3.8, 4) is 5.75 Å². The summed E-state index contributed by atoms with van der Waals surface area (Å²) in [5.74, 6) is 3.83. The topological polar surface area (TPSA) is 47.3 Å². The fraction of sp³-hybridized carbons (Fsp3) is 0.250. The molecular weight excluding hydrogens is 178 g/mol. The van der Waals surface area contributed by atoms with Crippen LogP contribution in [-0.4, -0.2) is 7.11 Å². The molecule has 0 saturated heterocycles. The minimum absolute atomic E-state index is 0.0925. The third kappa shape index (κ3) is 2.13. The molecule has 0 amide bonds. The van der Waals surface area contributed by atoms with Crippen molar-refractivity contribution in [3.05, 3.63) is 29.3 Å². The molecule has 0 fully saturated rings. The Kier molecular flexibility index (Phi) is 3.16. The maximum absolute atomic E-state index is 13.1. The van der Waals surface area contributed by atoms with E-state index < -0.39 is 11.6 Å². The number of halogens is 2. The van der Waals surface area contributed by atoms with Crippen molar-refractivity contribution in [1.29, 1.82) is 0 Å². The summed E-state index contributed by atoms with van der Waals surface area (Å²) < 4.78 is 30.5. The summed E-state index contributed by atoms with van der Waals surface area (Å²) in [6, 6.07) is 1.89. The minimum atomic E-state index is -0.671. The van der Waals surface area contributed by atoms with Crippen molar-refractivity contribution in [2.24, 2.45) is 5.84 Å². The average Bonchev–Trinajstić information content (AvgIpc) is 2.09. The van der Waals surface area contributed by atoms with E-state index in [-0.39, 0.29) is 17.9 Å². The zero-order chi connectivity index (χ0) is 9.84. The van der Waals surface area contributed by atoms with Crippen molar-refractivity contribution in [1.82, 2.24) is 5.43 Å². The lowest BCUT2D eigenvalue weighted by Gasteiger charge is -2.08. The Labute approximate surface area is 74.5 Å². The van der Waals surface area contributed by atoms with Crippen LogP contribution in [0.25, 0.3) is 0 Å². The first-order valence-electron chi connectivity index (χ1n) is 3.64. The summed E-state index contributed by atoms with van der Waals surface area (Å²) in [4.78, 5) is 0. The Morgan fingerprint density at radius 3 is 2.69 bits per heavy atom. The normalized spacial score (nSPS) is 10.2. The molecule has 0 aliphatic heterocycles. The van der Waals surface area contributed by atoms with Gasteiger partial charge >= 0.3 is 0 Å². The van der Waals surface area contributed by atoms with Gasteiger partial charge in [-0.05, 0) is 0 Å². The Bertz CT molecular complexity index is 304. The van der Waals surface area contributed by atoms with Crippen LogP contribution in [0.5, 0.6) is 5.75 Å². The number of ether oxygens (including phenoxy) is 1. The van der Waals surface area contributed by atoms with Crippen LogP contribution in [-0.2, 0) is 6.54 Å². The highest BCUT2D eigenvalue weighted by molar-refractivity contribution is 5.35. The number of methoxy groups -OCH3 is 1. The fourth-order valence-corrected chi connectivity index (χ4v) is 1.04. The summed E-state index contributed by atoms with van der Waals surface area (Å²) >= 11 is 0. The van der Waals surface area contributed by atoms with Gasteiger partial charge in [0.2, 0.25) is 0 Å². The lowest BCUT2D eigenvalue weighted by atomic mass is 10.2.